The predicted molar refractivity (Wildman–Crippen MR) is 70.1 cm³/mol. The van der Waals surface area contributed by atoms with E-state index in [1.807, 2.05) is 0 Å². The third-order valence-corrected chi connectivity index (χ3v) is 3.45. The largest absolute Gasteiger partial charge is 0.480 e. The van der Waals surface area contributed by atoms with Crippen molar-refractivity contribution in [2.75, 3.05) is 0 Å². The van der Waals surface area contributed by atoms with E-state index < -0.39 is 17.9 Å². The molecule has 3 rings (SSSR count). The summed E-state index contributed by atoms with van der Waals surface area (Å²) in [7, 11) is 0. The highest BCUT2D eigenvalue weighted by molar-refractivity contribution is 5.99. The van der Waals surface area contributed by atoms with E-state index in [1.165, 1.54) is 0 Å². The van der Waals surface area contributed by atoms with Gasteiger partial charge in [0.25, 0.3) is 5.91 Å². The number of aromatic amines is 1. The second-order valence-corrected chi connectivity index (χ2v) is 5.07. The van der Waals surface area contributed by atoms with Crippen molar-refractivity contribution >= 4 is 22.9 Å². The van der Waals surface area contributed by atoms with Crippen LogP contribution in [0.2, 0.25) is 0 Å². The summed E-state index contributed by atoms with van der Waals surface area (Å²) in [5, 5.41) is 22.0. The van der Waals surface area contributed by atoms with Gasteiger partial charge in [-0.1, -0.05) is 12.8 Å². The predicted octanol–water partition coefficient (Wildman–Crippen LogP) is 0.941. The molecule has 0 saturated heterocycles. The summed E-state index contributed by atoms with van der Waals surface area (Å²) in [4.78, 5) is 23.3. The number of fused-ring (bicyclic) bond motifs is 1. The van der Waals surface area contributed by atoms with Crippen molar-refractivity contribution in [1.82, 2.24) is 20.7 Å². The lowest BCUT2D eigenvalue weighted by Gasteiger charge is -2.13. The number of carboxylic acid groups (broad SMARTS) is 1. The van der Waals surface area contributed by atoms with E-state index in [4.69, 9.17) is 5.11 Å². The van der Waals surface area contributed by atoms with Crippen molar-refractivity contribution in [2.24, 2.45) is 5.92 Å². The SMILES string of the molecule is O=C(NC(CC1CC1)C(=O)O)c1ccc2n[nH]nc2c1. The first kappa shape index (κ1) is 12.6. The maximum absolute atomic E-state index is 12.1. The number of nitrogens with one attached hydrogen (secondary N) is 2. The standard InChI is InChI=1S/C13H14N4O3/c18-12(14-11(13(19)20)5-7-1-2-7)8-3-4-9-10(6-8)16-17-15-9/h3-4,6-7,11H,1-2,5H2,(H,14,18)(H,19,20)(H,15,16,17). The highest BCUT2D eigenvalue weighted by atomic mass is 16.4. The van der Waals surface area contributed by atoms with Crippen molar-refractivity contribution in [2.45, 2.75) is 25.3 Å². The summed E-state index contributed by atoms with van der Waals surface area (Å²) < 4.78 is 0. The highest BCUT2D eigenvalue weighted by Gasteiger charge is 2.30. The third kappa shape index (κ3) is 2.61. The number of carbonyl (C=O) groups excluding carboxylic acids is 1. The molecule has 0 spiro atoms. The van der Waals surface area contributed by atoms with E-state index in [9.17, 15) is 9.59 Å². The molecule has 7 nitrogen and oxygen atoms in total. The van der Waals surface area contributed by atoms with Gasteiger partial charge in [0.05, 0.1) is 0 Å². The van der Waals surface area contributed by atoms with Crippen molar-refractivity contribution in [3.63, 3.8) is 0 Å². The van der Waals surface area contributed by atoms with Crippen LogP contribution in [0.5, 0.6) is 0 Å². The Hall–Kier alpha value is -2.44. The van der Waals surface area contributed by atoms with Crippen LogP contribution in [0, 0.1) is 5.92 Å². The van der Waals surface area contributed by atoms with Gasteiger partial charge in [-0.05, 0) is 30.5 Å². The molecule has 1 aromatic heterocycles. The van der Waals surface area contributed by atoms with Crippen molar-refractivity contribution < 1.29 is 14.7 Å². The summed E-state index contributed by atoms with van der Waals surface area (Å²) in [6.07, 6.45) is 2.59. The number of amides is 1. The molecule has 104 valence electrons. The first-order valence-corrected chi connectivity index (χ1v) is 6.47. The van der Waals surface area contributed by atoms with Crippen molar-refractivity contribution in [3.8, 4) is 0 Å². The quantitative estimate of drug-likeness (QED) is 0.752. The highest BCUT2D eigenvalue weighted by Crippen LogP contribution is 2.33. The Morgan fingerprint density at radius 2 is 2.10 bits per heavy atom. The van der Waals surface area contributed by atoms with Gasteiger partial charge in [0.15, 0.2) is 0 Å². The molecule has 2 aromatic rings. The minimum atomic E-state index is -0.993. The Labute approximate surface area is 114 Å². The molecule has 3 N–H and O–H groups in total. The van der Waals surface area contributed by atoms with Gasteiger partial charge in [-0.2, -0.15) is 15.4 Å². The summed E-state index contributed by atoms with van der Waals surface area (Å²) in [5.41, 5.74) is 1.62. The van der Waals surface area contributed by atoms with Crippen LogP contribution in [0.15, 0.2) is 18.2 Å². The van der Waals surface area contributed by atoms with Gasteiger partial charge in [-0.15, -0.1) is 0 Å². The molecule has 1 amide bonds. The molecule has 20 heavy (non-hydrogen) atoms. The van der Waals surface area contributed by atoms with E-state index in [0.29, 0.717) is 28.9 Å². The van der Waals surface area contributed by atoms with E-state index in [-0.39, 0.29) is 0 Å². The Morgan fingerprint density at radius 3 is 2.80 bits per heavy atom. The van der Waals surface area contributed by atoms with E-state index >= 15 is 0 Å². The Balaban J connectivity index is 1.74. The number of carboxylic acids is 1. The second kappa shape index (κ2) is 4.92. The van der Waals surface area contributed by atoms with Gasteiger partial charge in [-0.25, -0.2) is 4.79 Å². The zero-order valence-electron chi connectivity index (χ0n) is 10.7. The zero-order valence-corrected chi connectivity index (χ0v) is 10.7. The zero-order chi connectivity index (χ0) is 14.1. The molecule has 1 aliphatic rings. The Bertz CT molecular complexity index is 662. The van der Waals surface area contributed by atoms with Crippen LogP contribution >= 0.6 is 0 Å². The molecule has 7 heteroatoms. The van der Waals surface area contributed by atoms with Crippen LogP contribution in [-0.4, -0.2) is 38.4 Å². The lowest BCUT2D eigenvalue weighted by molar-refractivity contribution is -0.139. The van der Waals surface area contributed by atoms with Crippen molar-refractivity contribution in [1.29, 1.82) is 0 Å². The number of aliphatic carboxylic acids is 1. The van der Waals surface area contributed by atoms with Crippen LogP contribution in [-0.2, 0) is 4.79 Å². The first-order valence-electron chi connectivity index (χ1n) is 6.47. The lowest BCUT2D eigenvalue weighted by atomic mass is 10.1. The van der Waals surface area contributed by atoms with Gasteiger partial charge >= 0.3 is 5.97 Å². The van der Waals surface area contributed by atoms with Crippen LogP contribution in [0.3, 0.4) is 0 Å². The summed E-state index contributed by atoms with van der Waals surface area (Å²) in [6, 6.07) is 4.04. The summed E-state index contributed by atoms with van der Waals surface area (Å²) in [5.74, 6) is -0.967. The fraction of sp³-hybridized carbons (Fsp3) is 0.385. The number of hydrogen-bond acceptors (Lipinski definition) is 4. The fourth-order valence-electron chi connectivity index (χ4n) is 2.13. The molecular weight excluding hydrogens is 260 g/mol. The lowest BCUT2D eigenvalue weighted by Crippen LogP contribution is -2.41. The Morgan fingerprint density at radius 1 is 1.35 bits per heavy atom. The average Bonchev–Trinajstić information content (AvgIpc) is 3.12. The third-order valence-electron chi connectivity index (χ3n) is 3.45. The summed E-state index contributed by atoms with van der Waals surface area (Å²) >= 11 is 0. The molecule has 1 unspecified atom stereocenters. The van der Waals surface area contributed by atoms with E-state index in [1.54, 1.807) is 18.2 Å². The van der Waals surface area contributed by atoms with E-state index in [2.05, 4.69) is 20.7 Å². The van der Waals surface area contributed by atoms with Crippen LogP contribution in [0.4, 0.5) is 0 Å². The van der Waals surface area contributed by atoms with E-state index in [0.717, 1.165) is 12.8 Å². The number of hydrogen-bond donors (Lipinski definition) is 3. The number of aromatic nitrogens is 3. The number of H-pyrrole nitrogens is 1. The number of carbonyl (C=O) groups is 2. The second-order valence-electron chi connectivity index (χ2n) is 5.07. The van der Waals surface area contributed by atoms with Gasteiger partial charge in [-0.3, -0.25) is 4.79 Å². The molecule has 1 aliphatic carbocycles. The van der Waals surface area contributed by atoms with Crippen LogP contribution in [0.25, 0.3) is 11.0 Å². The number of rotatable bonds is 5. The number of benzene rings is 1. The minimum absolute atomic E-state index is 0.383. The van der Waals surface area contributed by atoms with Crippen molar-refractivity contribution in [3.05, 3.63) is 23.8 Å². The molecule has 0 aliphatic heterocycles. The average molecular weight is 274 g/mol. The molecule has 0 radical (unpaired) electrons. The fourth-order valence-corrected chi connectivity index (χ4v) is 2.13. The smallest absolute Gasteiger partial charge is 0.326 e. The maximum atomic E-state index is 12.1. The molecule has 1 fully saturated rings. The normalized spacial score (nSPS) is 16.0. The first-order chi connectivity index (χ1) is 9.63. The molecule has 0 bridgehead atoms. The molecule has 1 saturated carbocycles. The van der Waals surface area contributed by atoms with Crippen LogP contribution < -0.4 is 5.32 Å². The maximum Gasteiger partial charge on any atom is 0.326 e. The van der Waals surface area contributed by atoms with Crippen LogP contribution in [0.1, 0.15) is 29.6 Å². The molecular formula is C13H14N4O3. The summed E-state index contributed by atoms with van der Waals surface area (Å²) in [6.45, 7) is 0. The van der Waals surface area contributed by atoms with Gasteiger partial charge in [0.2, 0.25) is 0 Å². The topological polar surface area (TPSA) is 108 Å². The van der Waals surface area contributed by atoms with Gasteiger partial charge < -0.3 is 10.4 Å². The van der Waals surface area contributed by atoms with Gasteiger partial charge in [0, 0.05) is 5.56 Å². The Kier molecular flexibility index (Phi) is 3.09. The van der Waals surface area contributed by atoms with Gasteiger partial charge in [0.1, 0.15) is 17.1 Å². The monoisotopic (exact) mass is 274 g/mol. The molecule has 1 heterocycles. The molecule has 1 aromatic carbocycles. The number of nitrogens with zero attached hydrogens (tertiary/aromatic N) is 2. The minimum Gasteiger partial charge on any atom is -0.480 e. The molecule has 1 atom stereocenters.